The van der Waals surface area contributed by atoms with Crippen LogP contribution in [0.25, 0.3) is 0 Å². The largest absolute Gasteiger partial charge is 3.00 e. The summed E-state index contributed by atoms with van der Waals surface area (Å²) in [4.78, 5) is 0. The van der Waals surface area contributed by atoms with Gasteiger partial charge in [0.15, 0.2) is 0 Å². The van der Waals surface area contributed by atoms with Gasteiger partial charge in [0.1, 0.15) is 0 Å². The summed E-state index contributed by atoms with van der Waals surface area (Å²) >= 11 is 0. The van der Waals surface area contributed by atoms with Crippen molar-refractivity contribution in [2.24, 2.45) is 0 Å². The Balaban J connectivity index is -0.000000254. The third-order valence-corrected chi connectivity index (χ3v) is 41.7. The van der Waals surface area contributed by atoms with E-state index in [0.717, 1.165) is 12.8 Å². The first-order valence-corrected chi connectivity index (χ1v) is 19.2. The van der Waals surface area contributed by atoms with Gasteiger partial charge < -0.3 is 7.43 Å². The van der Waals surface area contributed by atoms with E-state index in [2.05, 4.69) is 63.6 Å². The topological polar surface area (TPSA) is 0 Å². The Kier molecular flexibility index (Phi) is 22.3. The summed E-state index contributed by atoms with van der Waals surface area (Å²) in [6.45, 7) is 15.1. The fourth-order valence-electron chi connectivity index (χ4n) is 2.18. The number of hydrogen-bond acceptors (Lipinski definition) is 0. The van der Waals surface area contributed by atoms with E-state index in [0.29, 0.717) is 0 Å². The van der Waals surface area contributed by atoms with Crippen LogP contribution in [0, 0.1) is 19.6 Å². The van der Waals surface area contributed by atoms with Crippen LogP contribution in [0.3, 0.4) is 0 Å². The Bertz CT molecular complexity index is 284. The Morgan fingerprint density at radius 3 is 1.05 bits per heavy atom. The van der Waals surface area contributed by atoms with Crippen molar-refractivity contribution in [2.45, 2.75) is 52.1 Å². The average molecular weight is 396 g/mol. The van der Waals surface area contributed by atoms with Crippen LogP contribution < -0.4 is 0 Å². The second-order valence-electron chi connectivity index (χ2n) is 5.38. The van der Waals surface area contributed by atoms with E-state index in [1.54, 1.807) is 0 Å². The van der Waals surface area contributed by atoms with E-state index in [4.69, 9.17) is 0 Å². The molecule has 0 bridgehead atoms. The Morgan fingerprint density at radius 1 is 0.682 bits per heavy atom. The van der Waals surface area contributed by atoms with Gasteiger partial charge in [-0.25, -0.2) is 24.3 Å². The molecule has 0 unspecified atom stereocenters. The maximum absolute atomic E-state index is 2.99. The first-order chi connectivity index (χ1) is 9.46. The van der Waals surface area contributed by atoms with Crippen molar-refractivity contribution in [2.75, 3.05) is 0 Å². The molecule has 0 saturated heterocycles. The molecule has 0 nitrogen and oxygen atoms in total. The number of allylic oxidation sites excluding steroid dienone is 8. The minimum absolute atomic E-state index is 0. The quantitative estimate of drug-likeness (QED) is 0.464. The molecule has 0 N–H and O–H groups in total. The van der Waals surface area contributed by atoms with Crippen molar-refractivity contribution in [3.63, 3.8) is 0 Å². The summed E-state index contributed by atoms with van der Waals surface area (Å²) in [5.41, 5.74) is 0. The minimum Gasteiger partial charge on any atom is -0.358 e. The molecule has 0 saturated carbocycles. The molecule has 0 aromatic rings. The van der Waals surface area contributed by atoms with Crippen LogP contribution >= 0.6 is 0 Å². The first kappa shape index (κ1) is 27.4. The van der Waals surface area contributed by atoms with Crippen molar-refractivity contribution in [3.05, 3.63) is 56.0 Å². The van der Waals surface area contributed by atoms with Crippen molar-refractivity contribution < 1.29 is 21.7 Å². The number of hydrogen-bond donors (Lipinski definition) is 0. The Morgan fingerprint density at radius 2 is 1.00 bits per heavy atom. The summed E-state index contributed by atoms with van der Waals surface area (Å²) in [6, 6.07) is 0. The van der Waals surface area contributed by atoms with Gasteiger partial charge >= 0.3 is 21.7 Å². The molecule has 2 rings (SSSR count). The molecule has 0 aromatic carbocycles. The van der Waals surface area contributed by atoms with Crippen LogP contribution in [-0.4, -0.2) is 32.3 Å². The molecular formula is C17H31Si4Ti. The summed E-state index contributed by atoms with van der Waals surface area (Å²) in [7, 11) is 0.571. The minimum atomic E-state index is 0. The molecule has 119 valence electrons. The van der Waals surface area contributed by atoms with Crippen LogP contribution in [0.15, 0.2) is 36.5 Å². The Labute approximate surface area is 161 Å². The van der Waals surface area contributed by atoms with E-state index in [9.17, 15) is 0 Å². The van der Waals surface area contributed by atoms with Gasteiger partial charge in [0, 0.05) is 32.3 Å². The van der Waals surface area contributed by atoms with Gasteiger partial charge in [0.25, 0.3) is 0 Å². The predicted octanol–water partition coefficient (Wildman–Crippen LogP) is 5.04. The van der Waals surface area contributed by atoms with Crippen LogP contribution in [0.1, 0.15) is 12.8 Å². The van der Waals surface area contributed by atoms with Gasteiger partial charge in [-0.3, -0.25) is 12.2 Å². The number of rotatable bonds is 3. The van der Waals surface area contributed by atoms with Gasteiger partial charge in [-0.15, -0.1) is 12.8 Å². The molecule has 0 aliphatic heterocycles. The van der Waals surface area contributed by atoms with Crippen molar-refractivity contribution >= 4 is 32.3 Å². The molecule has 0 heterocycles. The third kappa shape index (κ3) is 15.4. The standard InChI is InChI=1S/C6H18Si4.2C5H5.CH3.Ti/c1-7(2)10(8(3)4)9(5)6;2*1-2-4-5-3-1;;/h1-6H3;2*1-3H,4H2;1H3;/q;3*-1;+3. The summed E-state index contributed by atoms with van der Waals surface area (Å²) in [5.74, 6) is 0. The molecule has 2 aliphatic rings. The van der Waals surface area contributed by atoms with E-state index >= 15 is 0 Å². The molecule has 0 amide bonds. The van der Waals surface area contributed by atoms with Crippen LogP contribution in [0.4, 0.5) is 0 Å². The second-order valence-corrected chi connectivity index (χ2v) is 30.1. The van der Waals surface area contributed by atoms with E-state index in [1.165, 1.54) is 0 Å². The van der Waals surface area contributed by atoms with Gasteiger partial charge in [-0.05, 0) is 0 Å². The Hall–Kier alpha value is 0.542. The predicted molar refractivity (Wildman–Crippen MR) is 108 cm³/mol. The molecular weight excluding hydrogens is 364 g/mol. The van der Waals surface area contributed by atoms with Gasteiger partial charge in [0.05, 0.1) is 0 Å². The van der Waals surface area contributed by atoms with Gasteiger partial charge in [0.2, 0.25) is 0 Å². The van der Waals surface area contributed by atoms with Crippen molar-refractivity contribution in [1.82, 2.24) is 0 Å². The van der Waals surface area contributed by atoms with Crippen molar-refractivity contribution in [1.29, 1.82) is 0 Å². The van der Waals surface area contributed by atoms with E-state index in [-0.39, 0.29) is 61.4 Å². The van der Waals surface area contributed by atoms with Gasteiger partial charge in [-0.1, -0.05) is 39.3 Å². The molecule has 5 radical (unpaired) electrons. The van der Waals surface area contributed by atoms with Crippen LogP contribution in [0.2, 0.25) is 39.3 Å². The smallest absolute Gasteiger partial charge is 0.358 e. The fraction of sp³-hybridized carbons (Fsp3) is 0.471. The molecule has 0 spiro atoms. The van der Waals surface area contributed by atoms with Crippen molar-refractivity contribution in [3.8, 4) is 0 Å². The maximum atomic E-state index is 2.99. The monoisotopic (exact) mass is 395 g/mol. The van der Waals surface area contributed by atoms with Crippen LogP contribution in [0.5, 0.6) is 0 Å². The molecule has 0 atom stereocenters. The van der Waals surface area contributed by atoms with Crippen LogP contribution in [-0.2, 0) is 21.7 Å². The summed E-state index contributed by atoms with van der Waals surface area (Å²) in [5, 5.41) is 0. The molecule has 0 fully saturated rings. The maximum Gasteiger partial charge on any atom is 3.00 e. The fourth-order valence-corrected chi connectivity index (χ4v) is 41.2. The molecule has 5 heteroatoms. The zero-order valence-electron chi connectivity index (χ0n) is 15.4. The van der Waals surface area contributed by atoms with E-state index < -0.39 is 0 Å². The first-order valence-electron chi connectivity index (χ1n) is 7.18. The van der Waals surface area contributed by atoms with Gasteiger partial charge in [-0.2, -0.15) is 12.2 Å². The normalized spacial score (nSPS) is 13.7. The van der Waals surface area contributed by atoms with E-state index in [1.807, 2.05) is 24.3 Å². The average Bonchev–Trinajstić information content (AvgIpc) is 3.07. The third-order valence-electron chi connectivity index (χ3n) is 2.67. The summed E-state index contributed by atoms with van der Waals surface area (Å²) < 4.78 is 0. The zero-order valence-corrected chi connectivity index (χ0v) is 20.9. The molecule has 2 aliphatic carbocycles. The molecule has 22 heavy (non-hydrogen) atoms. The molecule has 0 aromatic heterocycles. The SMILES string of the molecule is C[Si](C)[Si]([Si](C)C)[Si](C)C.[C-]1=CC=CC1.[C-]1=CC=CC1.[CH3-].[Ti+3]. The summed E-state index contributed by atoms with van der Waals surface area (Å²) in [6.07, 6.45) is 20.0. The second kappa shape index (κ2) is 17.9. The zero-order chi connectivity index (χ0) is 15.4.